The Morgan fingerprint density at radius 2 is 2.25 bits per heavy atom. The zero-order chi connectivity index (χ0) is 14.5. The molecule has 2 aromatic heterocycles. The number of aromatic nitrogens is 1. The summed E-state index contributed by atoms with van der Waals surface area (Å²) in [5.41, 5.74) is 2.45. The van der Waals surface area contributed by atoms with E-state index in [4.69, 9.17) is 5.11 Å². The zero-order valence-corrected chi connectivity index (χ0v) is 12.3. The van der Waals surface area contributed by atoms with Gasteiger partial charge in [-0.2, -0.15) is 0 Å². The third-order valence-corrected chi connectivity index (χ3v) is 4.18. The topological polar surface area (TPSA) is 70.5 Å². The average molecular weight is 308 g/mol. The largest absolute Gasteiger partial charge is 0.478 e. The molecule has 0 spiro atoms. The smallest absolute Gasteiger partial charge is 0.328 e. The number of aliphatic carboxylic acids is 1. The van der Waals surface area contributed by atoms with Crippen LogP contribution in [0.5, 0.6) is 0 Å². The van der Waals surface area contributed by atoms with Crippen LogP contribution in [0.25, 0.3) is 6.08 Å². The molecule has 0 fully saturated rings. The molecule has 1 amide bonds. The van der Waals surface area contributed by atoms with Crippen LogP contribution in [0.1, 0.15) is 20.1 Å². The highest BCUT2D eigenvalue weighted by Crippen LogP contribution is 2.19. The van der Waals surface area contributed by atoms with Crippen LogP contribution in [-0.4, -0.2) is 33.9 Å². The van der Waals surface area contributed by atoms with Gasteiger partial charge in [0.15, 0.2) is 0 Å². The Morgan fingerprint density at radius 1 is 1.45 bits per heavy atom. The minimum Gasteiger partial charge on any atom is -0.478 e. The molecule has 0 atom stereocenters. The van der Waals surface area contributed by atoms with Gasteiger partial charge in [0, 0.05) is 18.0 Å². The Morgan fingerprint density at radius 3 is 2.90 bits per heavy atom. The molecule has 0 radical (unpaired) electrons. The highest BCUT2D eigenvalue weighted by atomic mass is 32.1. The molecule has 2 heterocycles. The highest BCUT2D eigenvalue weighted by molar-refractivity contribution is 7.11. The maximum absolute atomic E-state index is 12.0. The standard InChI is InChI=1S/C13H12N2O3S2/c1-15(13(18)11-5-14-8-20-11)6-10-4-9(7-19-10)2-3-12(16)17/h2-5,7-8H,6H2,1H3,(H,16,17)/b3-2+. The van der Waals surface area contributed by atoms with Crippen molar-refractivity contribution in [3.63, 3.8) is 0 Å². The Kier molecular flexibility index (Phi) is 4.65. The van der Waals surface area contributed by atoms with E-state index in [0.29, 0.717) is 11.4 Å². The van der Waals surface area contributed by atoms with E-state index >= 15 is 0 Å². The molecule has 0 aliphatic carbocycles. The Hall–Kier alpha value is -1.99. The Labute approximate surface area is 123 Å². The first-order valence-electron chi connectivity index (χ1n) is 5.68. The number of rotatable bonds is 5. The van der Waals surface area contributed by atoms with Crippen molar-refractivity contribution in [2.45, 2.75) is 6.54 Å². The molecular weight excluding hydrogens is 296 g/mol. The third-order valence-electron chi connectivity index (χ3n) is 2.48. The summed E-state index contributed by atoms with van der Waals surface area (Å²) in [6, 6.07) is 1.88. The van der Waals surface area contributed by atoms with Gasteiger partial charge in [-0.05, 0) is 23.1 Å². The van der Waals surface area contributed by atoms with Crippen LogP contribution < -0.4 is 0 Å². The lowest BCUT2D eigenvalue weighted by Gasteiger charge is -2.14. The molecule has 0 unspecified atom stereocenters. The number of hydrogen-bond acceptors (Lipinski definition) is 5. The fraction of sp³-hybridized carbons (Fsp3) is 0.154. The van der Waals surface area contributed by atoms with E-state index in [-0.39, 0.29) is 5.91 Å². The van der Waals surface area contributed by atoms with Crippen LogP contribution in [0.3, 0.4) is 0 Å². The van der Waals surface area contributed by atoms with Crippen molar-refractivity contribution >= 4 is 40.6 Å². The van der Waals surface area contributed by atoms with E-state index in [1.54, 1.807) is 23.7 Å². The van der Waals surface area contributed by atoms with E-state index in [2.05, 4.69) is 4.98 Å². The molecule has 1 N–H and O–H groups in total. The van der Waals surface area contributed by atoms with Crippen molar-refractivity contribution in [1.29, 1.82) is 0 Å². The van der Waals surface area contributed by atoms with Crippen LogP contribution in [-0.2, 0) is 11.3 Å². The van der Waals surface area contributed by atoms with Gasteiger partial charge in [-0.1, -0.05) is 0 Å². The van der Waals surface area contributed by atoms with Gasteiger partial charge in [-0.3, -0.25) is 9.78 Å². The van der Waals surface area contributed by atoms with Gasteiger partial charge in [0.2, 0.25) is 0 Å². The fourth-order valence-corrected chi connectivity index (χ4v) is 3.07. The third kappa shape index (κ3) is 3.75. The normalized spacial score (nSPS) is 10.8. The van der Waals surface area contributed by atoms with E-state index < -0.39 is 5.97 Å². The van der Waals surface area contributed by atoms with Crippen molar-refractivity contribution < 1.29 is 14.7 Å². The number of carbonyl (C=O) groups is 2. The Bertz CT molecular complexity index is 632. The maximum atomic E-state index is 12.0. The zero-order valence-electron chi connectivity index (χ0n) is 10.6. The average Bonchev–Trinajstić information content (AvgIpc) is 3.06. The summed E-state index contributed by atoms with van der Waals surface area (Å²) in [5.74, 6) is -1.04. The van der Waals surface area contributed by atoms with Crippen molar-refractivity contribution in [2.75, 3.05) is 7.05 Å². The van der Waals surface area contributed by atoms with Gasteiger partial charge in [0.1, 0.15) is 4.88 Å². The molecule has 0 saturated carbocycles. The molecule has 0 aliphatic heterocycles. The van der Waals surface area contributed by atoms with Crippen LogP contribution in [0, 0.1) is 0 Å². The van der Waals surface area contributed by atoms with Gasteiger partial charge in [0.25, 0.3) is 5.91 Å². The number of carboxylic acid groups (broad SMARTS) is 1. The van der Waals surface area contributed by atoms with E-state index in [1.807, 2.05) is 11.4 Å². The molecule has 20 heavy (non-hydrogen) atoms. The summed E-state index contributed by atoms with van der Waals surface area (Å²) >= 11 is 2.81. The minimum absolute atomic E-state index is 0.0662. The predicted molar refractivity (Wildman–Crippen MR) is 78.9 cm³/mol. The van der Waals surface area contributed by atoms with Crippen LogP contribution >= 0.6 is 22.7 Å². The second-order valence-corrected chi connectivity index (χ2v) is 5.93. The molecule has 104 valence electrons. The summed E-state index contributed by atoms with van der Waals surface area (Å²) < 4.78 is 0. The second kappa shape index (κ2) is 6.44. The van der Waals surface area contributed by atoms with Crippen molar-refractivity contribution in [1.82, 2.24) is 9.88 Å². The first-order valence-corrected chi connectivity index (χ1v) is 7.44. The van der Waals surface area contributed by atoms with Crippen molar-refractivity contribution in [3.05, 3.63) is 44.5 Å². The van der Waals surface area contributed by atoms with E-state index in [0.717, 1.165) is 16.5 Å². The van der Waals surface area contributed by atoms with E-state index in [1.165, 1.54) is 28.7 Å². The molecule has 2 aromatic rings. The molecule has 0 aliphatic rings. The quantitative estimate of drug-likeness (QED) is 0.862. The first kappa shape index (κ1) is 14.4. The molecule has 2 rings (SSSR count). The summed E-state index contributed by atoms with van der Waals surface area (Å²) in [6.45, 7) is 0.488. The molecular formula is C13H12N2O3S2. The van der Waals surface area contributed by atoms with Gasteiger partial charge in [0.05, 0.1) is 18.3 Å². The fourth-order valence-electron chi connectivity index (χ4n) is 1.55. The summed E-state index contributed by atoms with van der Waals surface area (Å²) in [4.78, 5) is 29.6. The first-order chi connectivity index (χ1) is 9.56. The number of thiazole rings is 1. The summed E-state index contributed by atoms with van der Waals surface area (Å²) in [5, 5.41) is 10.4. The number of carbonyl (C=O) groups excluding carboxylic acids is 1. The number of nitrogens with zero attached hydrogens (tertiary/aromatic N) is 2. The number of thiophene rings is 1. The maximum Gasteiger partial charge on any atom is 0.328 e. The van der Waals surface area contributed by atoms with Gasteiger partial charge < -0.3 is 10.0 Å². The number of amides is 1. The van der Waals surface area contributed by atoms with Crippen molar-refractivity contribution in [2.24, 2.45) is 0 Å². The summed E-state index contributed by atoms with van der Waals surface area (Å²) in [7, 11) is 1.73. The second-order valence-electron chi connectivity index (χ2n) is 4.04. The van der Waals surface area contributed by atoms with Crippen LogP contribution in [0.4, 0.5) is 0 Å². The molecule has 7 heteroatoms. The minimum atomic E-state index is -0.977. The Balaban J connectivity index is 2.00. The molecule has 0 saturated heterocycles. The lowest BCUT2D eigenvalue weighted by Crippen LogP contribution is -2.24. The lowest BCUT2D eigenvalue weighted by molar-refractivity contribution is -0.131. The lowest BCUT2D eigenvalue weighted by atomic mass is 10.3. The molecule has 0 bridgehead atoms. The summed E-state index contributed by atoms with van der Waals surface area (Å²) in [6.07, 6.45) is 4.18. The van der Waals surface area contributed by atoms with Gasteiger partial charge in [-0.25, -0.2) is 4.79 Å². The van der Waals surface area contributed by atoms with E-state index in [9.17, 15) is 9.59 Å². The van der Waals surface area contributed by atoms with Crippen molar-refractivity contribution in [3.8, 4) is 0 Å². The number of hydrogen-bond donors (Lipinski definition) is 1. The highest BCUT2D eigenvalue weighted by Gasteiger charge is 2.14. The SMILES string of the molecule is CN(Cc1cc(/C=C/C(=O)O)cs1)C(=O)c1cncs1. The molecule has 0 aromatic carbocycles. The molecule has 5 nitrogen and oxygen atoms in total. The predicted octanol–water partition coefficient (Wildman–Crippen LogP) is 2.57. The monoisotopic (exact) mass is 308 g/mol. The van der Waals surface area contributed by atoms with Crippen LogP contribution in [0.15, 0.2) is 29.2 Å². The van der Waals surface area contributed by atoms with Gasteiger partial charge >= 0.3 is 5.97 Å². The number of carboxylic acids is 1. The van der Waals surface area contributed by atoms with Crippen LogP contribution in [0.2, 0.25) is 0 Å². The van der Waals surface area contributed by atoms with Gasteiger partial charge in [-0.15, -0.1) is 22.7 Å².